The second-order valence-electron chi connectivity index (χ2n) is 2.98. The fourth-order valence-electron chi connectivity index (χ4n) is 0.958. The molecule has 0 fully saturated rings. The van der Waals surface area contributed by atoms with Crippen LogP contribution in [0.15, 0.2) is 12.1 Å². The summed E-state index contributed by atoms with van der Waals surface area (Å²) in [7, 11) is 0. The van der Waals surface area contributed by atoms with Gasteiger partial charge in [-0.1, -0.05) is 23.2 Å². The van der Waals surface area contributed by atoms with E-state index in [0.717, 1.165) is 0 Å². The van der Waals surface area contributed by atoms with E-state index in [1.165, 1.54) is 12.1 Å². The molecule has 0 aliphatic carbocycles. The normalized spacial score (nSPS) is 12.5. The summed E-state index contributed by atoms with van der Waals surface area (Å²) in [5.74, 6) is -0.00575. The van der Waals surface area contributed by atoms with Gasteiger partial charge in [0.2, 0.25) is 0 Å². The predicted octanol–water partition coefficient (Wildman–Crippen LogP) is 2.71. The fraction of sp³-hybridized carbons (Fsp3) is 0.333. The topological polar surface area (TPSA) is 52.5 Å². The lowest BCUT2D eigenvalue weighted by Gasteiger charge is -2.11. The van der Waals surface area contributed by atoms with Crippen LogP contribution < -0.4 is 5.32 Å². The Morgan fingerprint density at radius 1 is 1.27 bits per heavy atom. The molecule has 0 spiro atoms. The van der Waals surface area contributed by atoms with Crippen molar-refractivity contribution in [2.75, 3.05) is 17.7 Å². The molecule has 1 aromatic rings. The van der Waals surface area contributed by atoms with Crippen LogP contribution in [0, 0.1) is 0 Å². The average Bonchev–Trinajstić information content (AvgIpc) is 2.22. The van der Waals surface area contributed by atoms with Gasteiger partial charge in [0.15, 0.2) is 5.75 Å². The highest BCUT2D eigenvalue weighted by Gasteiger charge is 2.07. The number of phenols is 1. The number of hydrogen-bond acceptors (Lipinski definition) is 3. The zero-order valence-electron chi connectivity index (χ0n) is 7.67. The molecule has 0 amide bonds. The number of halogens is 3. The lowest BCUT2D eigenvalue weighted by molar-refractivity contribution is 0.211. The fourth-order valence-corrected chi connectivity index (χ4v) is 1.55. The van der Waals surface area contributed by atoms with E-state index in [4.69, 9.17) is 34.8 Å². The number of benzene rings is 1. The quantitative estimate of drug-likeness (QED) is 0.582. The Morgan fingerprint density at radius 2 is 1.80 bits per heavy atom. The maximum absolute atomic E-state index is 9.29. The monoisotopic (exact) mass is 269 g/mol. The number of alkyl halides is 1. The molecule has 3 nitrogen and oxygen atoms in total. The van der Waals surface area contributed by atoms with Crippen LogP contribution >= 0.6 is 34.8 Å². The van der Waals surface area contributed by atoms with Crippen molar-refractivity contribution >= 4 is 40.5 Å². The van der Waals surface area contributed by atoms with Gasteiger partial charge in [-0.25, -0.2) is 0 Å². The van der Waals surface area contributed by atoms with Crippen LogP contribution in [-0.2, 0) is 0 Å². The molecule has 0 radical (unpaired) electrons. The zero-order chi connectivity index (χ0) is 11.4. The van der Waals surface area contributed by atoms with Crippen LogP contribution in [0.2, 0.25) is 10.0 Å². The number of anilines is 1. The van der Waals surface area contributed by atoms with Gasteiger partial charge < -0.3 is 15.5 Å². The maximum atomic E-state index is 9.29. The molecule has 0 aromatic heterocycles. The van der Waals surface area contributed by atoms with Crippen molar-refractivity contribution < 1.29 is 10.2 Å². The molecular formula is C9H10Cl3NO2. The van der Waals surface area contributed by atoms with Crippen molar-refractivity contribution in [3.8, 4) is 5.75 Å². The Morgan fingerprint density at radius 3 is 2.27 bits per heavy atom. The number of aliphatic hydroxyl groups excluding tert-OH is 1. The van der Waals surface area contributed by atoms with E-state index in [2.05, 4.69) is 5.32 Å². The first-order valence-electron chi connectivity index (χ1n) is 4.20. The van der Waals surface area contributed by atoms with Crippen LogP contribution in [0.25, 0.3) is 0 Å². The van der Waals surface area contributed by atoms with E-state index in [1.54, 1.807) is 0 Å². The minimum absolute atomic E-state index is 0.145. The number of aliphatic hydroxyl groups is 1. The summed E-state index contributed by atoms with van der Waals surface area (Å²) in [5.41, 5.74) is 0.618. The lowest BCUT2D eigenvalue weighted by Crippen LogP contribution is -2.20. The first-order chi connectivity index (χ1) is 7.04. The number of hydrogen-bond donors (Lipinski definition) is 3. The molecule has 1 rings (SSSR count). The second-order valence-corrected chi connectivity index (χ2v) is 4.10. The predicted molar refractivity (Wildman–Crippen MR) is 63.3 cm³/mol. The van der Waals surface area contributed by atoms with Gasteiger partial charge in [-0.15, -0.1) is 11.6 Å². The molecule has 15 heavy (non-hydrogen) atoms. The third-order valence-electron chi connectivity index (χ3n) is 1.74. The molecule has 3 N–H and O–H groups in total. The SMILES string of the molecule is Oc1c(Cl)cc(NCC(O)CCl)cc1Cl. The summed E-state index contributed by atoms with van der Waals surface area (Å²) in [6.45, 7) is 0.293. The Labute approximate surface area is 103 Å². The Hall–Kier alpha value is -0.350. The molecule has 0 saturated heterocycles. The molecule has 1 atom stereocenters. The van der Waals surface area contributed by atoms with Crippen molar-refractivity contribution in [3.63, 3.8) is 0 Å². The van der Waals surface area contributed by atoms with Gasteiger partial charge in [-0.3, -0.25) is 0 Å². The highest BCUT2D eigenvalue weighted by molar-refractivity contribution is 6.37. The van der Waals surface area contributed by atoms with Gasteiger partial charge in [-0.2, -0.15) is 0 Å². The van der Waals surface area contributed by atoms with E-state index >= 15 is 0 Å². The number of nitrogens with one attached hydrogen (secondary N) is 1. The highest BCUT2D eigenvalue weighted by Crippen LogP contribution is 2.34. The molecule has 84 valence electrons. The summed E-state index contributed by atoms with van der Waals surface area (Å²) in [4.78, 5) is 0. The van der Waals surface area contributed by atoms with Crippen LogP contribution in [-0.4, -0.2) is 28.7 Å². The van der Waals surface area contributed by atoms with Crippen LogP contribution in [0.3, 0.4) is 0 Å². The molecule has 0 saturated carbocycles. The standard InChI is InChI=1S/C9H10Cl3NO2/c10-3-6(14)4-13-5-1-7(11)9(15)8(12)2-5/h1-2,6,13-15H,3-4H2. The smallest absolute Gasteiger partial charge is 0.152 e. The minimum Gasteiger partial charge on any atom is -0.505 e. The number of phenolic OH excluding ortho intramolecular Hbond substituents is 1. The summed E-state index contributed by atoms with van der Waals surface area (Å²) >= 11 is 16.8. The third kappa shape index (κ3) is 3.61. The van der Waals surface area contributed by atoms with Gasteiger partial charge in [0, 0.05) is 12.2 Å². The Kier molecular flexibility index (Phi) is 4.80. The van der Waals surface area contributed by atoms with Gasteiger partial charge in [0.05, 0.1) is 22.0 Å². The van der Waals surface area contributed by atoms with Gasteiger partial charge in [0.1, 0.15) is 0 Å². The van der Waals surface area contributed by atoms with Gasteiger partial charge in [-0.05, 0) is 12.1 Å². The van der Waals surface area contributed by atoms with Crippen molar-refractivity contribution in [2.45, 2.75) is 6.10 Å². The largest absolute Gasteiger partial charge is 0.505 e. The molecule has 6 heteroatoms. The number of aromatic hydroxyl groups is 1. The van der Waals surface area contributed by atoms with Crippen molar-refractivity contribution in [2.24, 2.45) is 0 Å². The summed E-state index contributed by atoms with van der Waals surface area (Å²) in [5, 5.41) is 21.7. The lowest BCUT2D eigenvalue weighted by atomic mass is 10.3. The molecular weight excluding hydrogens is 260 g/mol. The van der Waals surface area contributed by atoms with Crippen LogP contribution in [0.5, 0.6) is 5.75 Å². The van der Waals surface area contributed by atoms with Gasteiger partial charge >= 0.3 is 0 Å². The Balaban J connectivity index is 2.70. The van der Waals surface area contributed by atoms with Crippen molar-refractivity contribution in [1.29, 1.82) is 0 Å². The molecule has 1 aromatic carbocycles. The molecule has 1 unspecified atom stereocenters. The molecule has 0 aliphatic heterocycles. The summed E-state index contributed by atoms with van der Waals surface area (Å²) in [6.07, 6.45) is -0.641. The zero-order valence-corrected chi connectivity index (χ0v) is 9.94. The van der Waals surface area contributed by atoms with E-state index in [9.17, 15) is 10.2 Å². The van der Waals surface area contributed by atoms with E-state index in [0.29, 0.717) is 12.2 Å². The first-order valence-corrected chi connectivity index (χ1v) is 5.49. The van der Waals surface area contributed by atoms with Crippen molar-refractivity contribution in [3.05, 3.63) is 22.2 Å². The summed E-state index contributed by atoms with van der Waals surface area (Å²) in [6, 6.07) is 3.04. The van der Waals surface area contributed by atoms with E-state index in [-0.39, 0.29) is 21.7 Å². The maximum Gasteiger partial charge on any atom is 0.152 e. The highest BCUT2D eigenvalue weighted by atomic mass is 35.5. The number of rotatable bonds is 4. The Bertz CT molecular complexity index is 323. The first kappa shape index (κ1) is 12.7. The van der Waals surface area contributed by atoms with Crippen molar-refractivity contribution in [1.82, 2.24) is 0 Å². The average molecular weight is 271 g/mol. The molecule has 0 aliphatic rings. The van der Waals surface area contributed by atoms with Crippen LogP contribution in [0.1, 0.15) is 0 Å². The van der Waals surface area contributed by atoms with E-state index < -0.39 is 6.10 Å². The minimum atomic E-state index is -0.641. The third-order valence-corrected chi connectivity index (χ3v) is 2.67. The van der Waals surface area contributed by atoms with Gasteiger partial charge in [0.25, 0.3) is 0 Å². The molecule has 0 bridgehead atoms. The molecule has 0 heterocycles. The second kappa shape index (κ2) is 5.66. The van der Waals surface area contributed by atoms with Crippen LogP contribution in [0.4, 0.5) is 5.69 Å². The van der Waals surface area contributed by atoms with E-state index in [1.807, 2.05) is 0 Å². The summed E-state index contributed by atoms with van der Waals surface area (Å²) < 4.78 is 0.